The Morgan fingerprint density at radius 2 is 0.500 bits per heavy atom. The predicted molar refractivity (Wildman–Crippen MR) is 309 cm³/mol. The summed E-state index contributed by atoms with van der Waals surface area (Å²) in [5.74, 6) is 1.26. The lowest BCUT2D eigenvalue weighted by atomic mass is 10.0. The van der Waals surface area contributed by atoms with Crippen molar-refractivity contribution in [2.45, 2.75) is 147 Å². The number of hydrogen-bond donors (Lipinski definition) is 1. The number of carbonyl (C=O) groups is 3. The fourth-order valence-corrected chi connectivity index (χ4v) is 6.42. The van der Waals surface area contributed by atoms with Crippen molar-refractivity contribution < 1.29 is 33.7 Å². The highest BCUT2D eigenvalue weighted by Gasteiger charge is 2.09. The van der Waals surface area contributed by atoms with Gasteiger partial charge in [-0.05, 0) is 105 Å². The third kappa shape index (κ3) is 25.5. The van der Waals surface area contributed by atoms with Crippen LogP contribution in [-0.4, -0.2) is 23.0 Å². The largest absolute Gasteiger partial charge is 0.457 e. The maximum absolute atomic E-state index is 11.8. The van der Waals surface area contributed by atoms with E-state index in [1.807, 2.05) is 145 Å². The molecule has 0 aromatic heterocycles. The summed E-state index contributed by atoms with van der Waals surface area (Å²) in [5.41, 5.74) is 10.9. The molecule has 0 aliphatic carbocycles. The average Bonchev–Trinajstić information content (AvgIpc) is 3.46. The Morgan fingerprint density at radius 3 is 0.676 bits per heavy atom. The summed E-state index contributed by atoms with van der Waals surface area (Å²) in [6.07, 6.45) is 0. The molecule has 1 N–H and O–H groups in total. The van der Waals surface area contributed by atoms with E-state index in [4.69, 9.17) is 19.3 Å². The predicted octanol–water partition coefficient (Wildman–Crippen LogP) is 17.9. The zero-order chi connectivity index (χ0) is 55.3. The van der Waals surface area contributed by atoms with Gasteiger partial charge >= 0.3 is 17.9 Å². The molecule has 0 aliphatic heterocycles. The van der Waals surface area contributed by atoms with Crippen LogP contribution >= 0.6 is 0 Å². The summed E-state index contributed by atoms with van der Waals surface area (Å²) >= 11 is 0. The molecule has 74 heavy (non-hydrogen) atoms. The van der Waals surface area contributed by atoms with E-state index in [0.717, 1.165) is 22.3 Å². The Bertz CT molecular complexity index is 2250. The summed E-state index contributed by atoms with van der Waals surface area (Å²) in [6.45, 7) is 30.3. The topological polar surface area (TPSA) is 99.1 Å². The monoisotopic (exact) mass is 1000 g/mol. The van der Waals surface area contributed by atoms with Crippen molar-refractivity contribution in [3.63, 3.8) is 0 Å². The van der Waals surface area contributed by atoms with Crippen LogP contribution in [0.25, 0.3) is 0 Å². The average molecular weight is 1000 g/mol. The van der Waals surface area contributed by atoms with Crippen molar-refractivity contribution >= 4 is 17.9 Å². The number of benzene rings is 7. The summed E-state index contributed by atoms with van der Waals surface area (Å²) in [5, 5.41) is 8.77. The molecule has 0 atom stereocenters. The van der Waals surface area contributed by atoms with Gasteiger partial charge in [0.2, 0.25) is 0 Å². The van der Waals surface area contributed by atoms with Crippen molar-refractivity contribution in [2.75, 3.05) is 0 Å². The zero-order valence-electron chi connectivity index (χ0n) is 46.9. The van der Waals surface area contributed by atoms with Crippen LogP contribution in [0.3, 0.4) is 0 Å². The molecule has 0 amide bonds. The van der Waals surface area contributed by atoms with E-state index in [9.17, 15) is 14.4 Å². The molecule has 0 bridgehead atoms. The van der Waals surface area contributed by atoms with Gasteiger partial charge in [-0.2, -0.15) is 0 Å². The lowest BCUT2D eigenvalue weighted by Gasteiger charge is -2.08. The molecule has 0 unspecified atom stereocenters. The minimum absolute atomic E-state index is 0.137. The maximum Gasteiger partial charge on any atom is 0.338 e. The first-order valence-corrected chi connectivity index (χ1v) is 26.4. The maximum atomic E-state index is 11.8. The van der Waals surface area contributed by atoms with Crippen LogP contribution in [-0.2, 0) is 40.6 Å². The molecule has 0 saturated carbocycles. The fraction of sp³-hybridized carbons (Fsp3) is 0.328. The molecule has 396 valence electrons. The number of ether oxygens (including phenoxy) is 3. The number of aliphatic hydroxyl groups is 1. The first-order chi connectivity index (χ1) is 35.7. The molecule has 0 saturated heterocycles. The second kappa shape index (κ2) is 38.5. The highest BCUT2D eigenvalue weighted by Crippen LogP contribution is 2.19. The highest BCUT2D eigenvalue weighted by atomic mass is 16.5. The number of aliphatic hydroxyl groups excluding tert-OH is 1. The number of rotatable bonds is 14. The van der Waals surface area contributed by atoms with Crippen LogP contribution in [0.15, 0.2) is 188 Å². The van der Waals surface area contributed by atoms with E-state index in [1.165, 1.54) is 22.3 Å². The Labute approximate surface area is 446 Å². The Hall–Kier alpha value is -7.09. The first kappa shape index (κ1) is 64.9. The van der Waals surface area contributed by atoms with Gasteiger partial charge in [0.15, 0.2) is 0 Å². The smallest absolute Gasteiger partial charge is 0.338 e. The number of esters is 3. The van der Waals surface area contributed by atoms with E-state index in [-0.39, 0.29) is 24.5 Å². The molecule has 0 aliphatic rings. The standard InChI is InChI=1S/3C17H18O2.C10H14O.3C2H6/c3*1-13(2)15-10-8-14(9-11-15)12-19-17(18)16-6-4-3-5-7-16;1-8(2)10-5-3-9(7-11)4-6-10;3*1-2/h3*3-11,13H,12H2,1-2H3;3-6,8,11H,7H2,1-2H3;3*1-2H3. The van der Waals surface area contributed by atoms with Gasteiger partial charge in [-0.15, -0.1) is 0 Å². The summed E-state index contributed by atoms with van der Waals surface area (Å²) in [6, 6.07) is 59.7. The van der Waals surface area contributed by atoms with Gasteiger partial charge in [0.25, 0.3) is 0 Å². The molecular formula is C67H86O7. The van der Waals surface area contributed by atoms with Crippen molar-refractivity contribution in [3.05, 3.63) is 249 Å². The zero-order valence-corrected chi connectivity index (χ0v) is 46.9. The van der Waals surface area contributed by atoms with Gasteiger partial charge in [-0.1, -0.05) is 249 Å². The normalized spacial score (nSPS) is 9.88. The number of hydrogen-bond acceptors (Lipinski definition) is 7. The lowest BCUT2D eigenvalue weighted by Crippen LogP contribution is -2.04. The van der Waals surface area contributed by atoms with Gasteiger partial charge in [0.1, 0.15) is 19.8 Å². The van der Waals surface area contributed by atoms with Crippen LogP contribution in [0.4, 0.5) is 0 Å². The van der Waals surface area contributed by atoms with Gasteiger partial charge < -0.3 is 19.3 Å². The lowest BCUT2D eigenvalue weighted by molar-refractivity contribution is 0.0464. The van der Waals surface area contributed by atoms with Gasteiger partial charge in [0.05, 0.1) is 23.3 Å². The van der Waals surface area contributed by atoms with Crippen molar-refractivity contribution in [1.82, 2.24) is 0 Å². The van der Waals surface area contributed by atoms with E-state index in [1.54, 1.807) is 36.4 Å². The minimum Gasteiger partial charge on any atom is -0.457 e. The van der Waals surface area contributed by atoms with Crippen LogP contribution in [0.1, 0.15) is 196 Å². The van der Waals surface area contributed by atoms with E-state index >= 15 is 0 Å². The highest BCUT2D eigenvalue weighted by molar-refractivity contribution is 5.90. The first-order valence-electron chi connectivity index (χ1n) is 26.4. The Morgan fingerprint density at radius 1 is 0.311 bits per heavy atom. The molecule has 0 spiro atoms. The van der Waals surface area contributed by atoms with Crippen LogP contribution in [0, 0.1) is 0 Å². The third-order valence-electron chi connectivity index (χ3n) is 10.9. The molecule has 0 fully saturated rings. The molecule has 0 radical (unpaired) electrons. The van der Waals surface area contributed by atoms with E-state index in [2.05, 4.69) is 104 Å². The second-order valence-corrected chi connectivity index (χ2v) is 17.6. The fourth-order valence-electron chi connectivity index (χ4n) is 6.42. The van der Waals surface area contributed by atoms with E-state index < -0.39 is 0 Å². The summed E-state index contributed by atoms with van der Waals surface area (Å²) in [4.78, 5) is 35.3. The van der Waals surface area contributed by atoms with E-state index in [0.29, 0.717) is 60.2 Å². The Kier molecular flexibility index (Phi) is 33.8. The van der Waals surface area contributed by atoms with Crippen LogP contribution < -0.4 is 0 Å². The molecule has 0 heterocycles. The summed E-state index contributed by atoms with van der Waals surface area (Å²) < 4.78 is 15.8. The molecule has 7 aromatic carbocycles. The van der Waals surface area contributed by atoms with Crippen molar-refractivity contribution in [3.8, 4) is 0 Å². The van der Waals surface area contributed by atoms with Gasteiger partial charge in [-0.25, -0.2) is 14.4 Å². The molecule has 7 nitrogen and oxygen atoms in total. The number of carbonyl (C=O) groups excluding carboxylic acids is 3. The molecule has 7 aromatic rings. The molecule has 7 rings (SSSR count). The SMILES string of the molecule is CC.CC.CC.CC(C)c1ccc(CO)cc1.CC(C)c1ccc(COC(=O)c2ccccc2)cc1.CC(C)c1ccc(COC(=O)c2ccccc2)cc1.CC(C)c1ccc(COC(=O)c2ccccc2)cc1. The van der Waals surface area contributed by atoms with Crippen LogP contribution in [0.5, 0.6) is 0 Å². The molecule has 7 heteroatoms. The third-order valence-corrected chi connectivity index (χ3v) is 10.9. The second-order valence-electron chi connectivity index (χ2n) is 17.6. The van der Waals surface area contributed by atoms with Gasteiger partial charge in [0, 0.05) is 0 Å². The van der Waals surface area contributed by atoms with Crippen molar-refractivity contribution in [2.24, 2.45) is 0 Å². The summed E-state index contributed by atoms with van der Waals surface area (Å²) in [7, 11) is 0. The van der Waals surface area contributed by atoms with Crippen LogP contribution in [0.2, 0.25) is 0 Å². The minimum atomic E-state index is -0.284. The molecular weight excluding hydrogens is 917 g/mol. The van der Waals surface area contributed by atoms with Crippen molar-refractivity contribution in [1.29, 1.82) is 0 Å². The Balaban J connectivity index is 0.000000484. The quantitative estimate of drug-likeness (QED) is 0.0856. The van der Waals surface area contributed by atoms with Gasteiger partial charge in [-0.3, -0.25) is 0 Å².